The molecule has 30 heavy (non-hydrogen) atoms. The number of thioether (sulfide) groups is 1. The first kappa shape index (κ1) is 22.6. The molecular weight excluding hydrogens is 427 g/mol. The molecule has 2 aromatic carbocycles. The third-order valence-electron chi connectivity index (χ3n) is 4.79. The number of carbonyl (C=O) groups is 1. The Hall–Kier alpha value is -2.10. The van der Waals surface area contributed by atoms with Gasteiger partial charge in [-0.2, -0.15) is 0 Å². The highest BCUT2D eigenvalue weighted by atomic mass is 32.2. The molecule has 1 heterocycles. The van der Waals surface area contributed by atoms with Crippen molar-refractivity contribution in [3.8, 4) is 5.75 Å². The molecular formula is C21H25FN2O4S2. The summed E-state index contributed by atoms with van der Waals surface area (Å²) in [6.45, 7) is 3.54. The second-order valence-corrected chi connectivity index (χ2v) is 9.69. The van der Waals surface area contributed by atoms with Crippen LogP contribution >= 0.6 is 11.8 Å². The first-order valence-electron chi connectivity index (χ1n) is 9.78. The lowest BCUT2D eigenvalue weighted by atomic mass is 10.1. The number of nitrogens with one attached hydrogen (secondary N) is 1. The number of benzene rings is 2. The first-order valence-corrected chi connectivity index (χ1v) is 12.3. The summed E-state index contributed by atoms with van der Waals surface area (Å²) in [6, 6.07) is 12.1. The zero-order valence-corrected chi connectivity index (χ0v) is 18.3. The Labute approximate surface area is 180 Å². The van der Waals surface area contributed by atoms with Gasteiger partial charge in [0.2, 0.25) is 15.9 Å². The number of ether oxygens (including phenoxy) is 1. The highest BCUT2D eigenvalue weighted by Gasteiger charge is 2.26. The van der Waals surface area contributed by atoms with Gasteiger partial charge in [-0.05, 0) is 68.3 Å². The van der Waals surface area contributed by atoms with E-state index in [0.717, 1.165) is 22.8 Å². The lowest BCUT2D eigenvalue weighted by Gasteiger charge is -2.32. The van der Waals surface area contributed by atoms with Gasteiger partial charge in [0, 0.05) is 24.0 Å². The van der Waals surface area contributed by atoms with Crippen LogP contribution in [-0.2, 0) is 14.8 Å². The van der Waals surface area contributed by atoms with E-state index in [1.807, 2.05) is 31.2 Å². The van der Waals surface area contributed by atoms with E-state index < -0.39 is 15.8 Å². The molecule has 6 nitrogen and oxygen atoms in total. The number of rotatable bonds is 8. The number of nitrogens with zero attached hydrogens (tertiary/aromatic N) is 1. The van der Waals surface area contributed by atoms with Crippen molar-refractivity contribution in [3.63, 3.8) is 0 Å². The summed E-state index contributed by atoms with van der Waals surface area (Å²) in [7, 11) is -3.70. The minimum atomic E-state index is -3.70. The summed E-state index contributed by atoms with van der Waals surface area (Å²) in [6.07, 6.45) is 1.08. The summed E-state index contributed by atoms with van der Waals surface area (Å²) < 4.78 is 45.9. The fraction of sp³-hybridized carbons (Fsp3) is 0.381. The van der Waals surface area contributed by atoms with Crippen molar-refractivity contribution in [2.75, 3.05) is 25.4 Å². The Morgan fingerprint density at radius 1 is 1.13 bits per heavy atom. The van der Waals surface area contributed by atoms with Crippen LogP contribution in [0.4, 0.5) is 4.39 Å². The van der Waals surface area contributed by atoms with E-state index >= 15 is 0 Å². The zero-order valence-electron chi connectivity index (χ0n) is 16.7. The average Bonchev–Trinajstić information content (AvgIpc) is 2.74. The second kappa shape index (κ2) is 10.3. The summed E-state index contributed by atoms with van der Waals surface area (Å²) in [5.74, 6) is 0.691. The van der Waals surface area contributed by atoms with Crippen molar-refractivity contribution in [1.29, 1.82) is 0 Å². The van der Waals surface area contributed by atoms with E-state index in [-0.39, 0.29) is 16.8 Å². The molecule has 1 saturated heterocycles. The molecule has 0 spiro atoms. The van der Waals surface area contributed by atoms with E-state index in [1.165, 1.54) is 23.9 Å². The quantitative estimate of drug-likeness (QED) is 0.622. The van der Waals surface area contributed by atoms with Crippen LogP contribution in [0.5, 0.6) is 5.75 Å². The molecule has 0 radical (unpaired) electrons. The number of hydrogen-bond acceptors (Lipinski definition) is 5. The third-order valence-corrected chi connectivity index (χ3v) is 7.32. The van der Waals surface area contributed by atoms with Crippen molar-refractivity contribution < 1.29 is 22.3 Å². The summed E-state index contributed by atoms with van der Waals surface area (Å²) in [5, 5.41) is 0. The van der Waals surface area contributed by atoms with Gasteiger partial charge in [0.25, 0.3) is 0 Å². The second-order valence-electron chi connectivity index (χ2n) is 6.92. The predicted molar refractivity (Wildman–Crippen MR) is 115 cm³/mol. The van der Waals surface area contributed by atoms with Gasteiger partial charge in [0.15, 0.2) is 0 Å². The number of amides is 1. The Bertz CT molecular complexity index is 942. The van der Waals surface area contributed by atoms with Gasteiger partial charge >= 0.3 is 0 Å². The van der Waals surface area contributed by atoms with Crippen LogP contribution in [0.1, 0.15) is 19.8 Å². The van der Waals surface area contributed by atoms with Crippen LogP contribution in [-0.4, -0.2) is 50.7 Å². The Kier molecular flexibility index (Phi) is 7.74. The molecule has 0 aromatic heterocycles. The fourth-order valence-electron chi connectivity index (χ4n) is 3.18. The molecule has 1 aliphatic heterocycles. The number of carbonyl (C=O) groups excluding carboxylic acids is 1. The number of likely N-dealkylation sites (tertiary alicyclic amines) is 1. The van der Waals surface area contributed by atoms with E-state index in [4.69, 9.17) is 4.74 Å². The van der Waals surface area contributed by atoms with Crippen LogP contribution in [0.3, 0.4) is 0 Å². The smallest absolute Gasteiger partial charge is 0.240 e. The maximum absolute atomic E-state index is 13.0. The van der Waals surface area contributed by atoms with Gasteiger partial charge in [0.05, 0.1) is 17.3 Å². The topological polar surface area (TPSA) is 75.7 Å². The Balaban J connectivity index is 1.45. The van der Waals surface area contributed by atoms with Crippen LogP contribution in [0.15, 0.2) is 58.3 Å². The third kappa shape index (κ3) is 6.20. The van der Waals surface area contributed by atoms with Gasteiger partial charge in [-0.15, -0.1) is 11.8 Å². The molecule has 0 aliphatic carbocycles. The molecule has 1 N–H and O–H groups in total. The van der Waals surface area contributed by atoms with Gasteiger partial charge < -0.3 is 9.64 Å². The monoisotopic (exact) mass is 452 g/mol. The number of halogens is 1. The standard InChI is InChI=1S/C21H25FN2O4S2/c1-2-28-18-5-7-19(8-6-18)29-15-21(25)24-13-11-17(12-14-24)23-30(26,27)20-9-3-16(22)4-10-20/h3-10,17,23H,2,11-15H2,1H3. The Morgan fingerprint density at radius 2 is 1.77 bits per heavy atom. The van der Waals surface area contributed by atoms with E-state index in [0.29, 0.717) is 38.3 Å². The molecule has 9 heteroatoms. The minimum absolute atomic E-state index is 0.0359. The van der Waals surface area contributed by atoms with E-state index in [2.05, 4.69) is 4.72 Å². The van der Waals surface area contributed by atoms with Crippen molar-refractivity contribution in [3.05, 3.63) is 54.3 Å². The average molecular weight is 453 g/mol. The highest BCUT2D eigenvalue weighted by molar-refractivity contribution is 8.00. The molecule has 0 saturated carbocycles. The van der Waals surface area contributed by atoms with Crippen molar-refractivity contribution >= 4 is 27.7 Å². The SMILES string of the molecule is CCOc1ccc(SCC(=O)N2CCC(NS(=O)(=O)c3ccc(F)cc3)CC2)cc1. The lowest BCUT2D eigenvalue weighted by Crippen LogP contribution is -2.47. The summed E-state index contributed by atoms with van der Waals surface area (Å²) in [4.78, 5) is 15.3. The molecule has 0 atom stereocenters. The molecule has 1 aliphatic rings. The molecule has 162 valence electrons. The van der Waals surface area contributed by atoms with Gasteiger partial charge in [-0.3, -0.25) is 4.79 Å². The number of piperidine rings is 1. The van der Waals surface area contributed by atoms with Crippen molar-refractivity contribution in [2.45, 2.75) is 35.6 Å². The van der Waals surface area contributed by atoms with Crippen LogP contribution in [0.25, 0.3) is 0 Å². The normalized spacial score (nSPS) is 15.2. The zero-order chi connectivity index (χ0) is 21.6. The number of sulfonamides is 1. The highest BCUT2D eigenvalue weighted by Crippen LogP contribution is 2.23. The molecule has 0 unspecified atom stereocenters. The van der Waals surface area contributed by atoms with Gasteiger partial charge in [-0.1, -0.05) is 0 Å². The van der Waals surface area contributed by atoms with Crippen molar-refractivity contribution in [2.24, 2.45) is 0 Å². The summed E-state index contributed by atoms with van der Waals surface area (Å²) >= 11 is 1.47. The summed E-state index contributed by atoms with van der Waals surface area (Å²) in [5.41, 5.74) is 0. The van der Waals surface area contributed by atoms with Crippen LogP contribution < -0.4 is 9.46 Å². The maximum atomic E-state index is 13.0. The minimum Gasteiger partial charge on any atom is -0.494 e. The molecule has 0 bridgehead atoms. The van der Waals surface area contributed by atoms with Crippen LogP contribution in [0.2, 0.25) is 0 Å². The lowest BCUT2D eigenvalue weighted by molar-refractivity contribution is -0.129. The molecule has 3 rings (SSSR count). The predicted octanol–water partition coefficient (Wildman–Crippen LogP) is 3.29. The molecule has 1 fully saturated rings. The number of hydrogen-bond donors (Lipinski definition) is 1. The van der Waals surface area contributed by atoms with Gasteiger partial charge in [-0.25, -0.2) is 17.5 Å². The van der Waals surface area contributed by atoms with E-state index in [9.17, 15) is 17.6 Å². The van der Waals surface area contributed by atoms with Crippen LogP contribution in [0, 0.1) is 5.82 Å². The Morgan fingerprint density at radius 3 is 2.37 bits per heavy atom. The largest absolute Gasteiger partial charge is 0.494 e. The maximum Gasteiger partial charge on any atom is 0.240 e. The fourth-order valence-corrected chi connectivity index (χ4v) is 5.29. The van der Waals surface area contributed by atoms with E-state index in [1.54, 1.807) is 4.90 Å². The molecule has 2 aromatic rings. The first-order chi connectivity index (χ1) is 14.4. The van der Waals surface area contributed by atoms with Crippen molar-refractivity contribution in [1.82, 2.24) is 9.62 Å². The molecule has 1 amide bonds. The van der Waals surface area contributed by atoms with Gasteiger partial charge in [0.1, 0.15) is 11.6 Å².